The number of rotatable bonds is 3. The highest BCUT2D eigenvalue weighted by Gasteiger charge is 2.52. The molecule has 106 valence electrons. The number of hydrogen-bond donors (Lipinski definition) is 0. The molecule has 1 aliphatic heterocycles. The first-order valence-electron chi connectivity index (χ1n) is 7.70. The van der Waals surface area contributed by atoms with Crippen LogP contribution in [0.2, 0.25) is 0 Å². The van der Waals surface area contributed by atoms with E-state index < -0.39 is 0 Å². The minimum Gasteiger partial charge on any atom is -0.338 e. The van der Waals surface area contributed by atoms with Crippen molar-refractivity contribution in [2.75, 3.05) is 6.54 Å². The first kappa shape index (κ1) is 12.6. The van der Waals surface area contributed by atoms with Crippen LogP contribution in [0.5, 0.6) is 0 Å². The fraction of sp³-hybridized carbons (Fsp3) is 0.316. The summed E-state index contributed by atoms with van der Waals surface area (Å²) in [6.07, 6.45) is 1.16. The number of carbonyl (C=O) groups excluding carboxylic acids is 1. The summed E-state index contributed by atoms with van der Waals surface area (Å²) in [5, 5.41) is 0. The van der Waals surface area contributed by atoms with Crippen molar-refractivity contribution in [2.45, 2.75) is 18.9 Å². The molecule has 1 heterocycles. The topological polar surface area (TPSA) is 20.3 Å². The molecular weight excluding hydrogens is 258 g/mol. The fourth-order valence-corrected chi connectivity index (χ4v) is 3.89. The Balaban J connectivity index is 1.49. The van der Waals surface area contributed by atoms with Gasteiger partial charge < -0.3 is 4.90 Å². The van der Waals surface area contributed by atoms with E-state index in [1.165, 1.54) is 11.1 Å². The normalized spacial score (nSPS) is 27.3. The van der Waals surface area contributed by atoms with Gasteiger partial charge in [-0.2, -0.15) is 0 Å². The lowest BCUT2D eigenvalue weighted by atomic mass is 9.64. The molecule has 0 unspecified atom stereocenters. The Kier molecular flexibility index (Phi) is 3.03. The lowest BCUT2D eigenvalue weighted by Crippen LogP contribution is -2.36. The first-order valence-corrected chi connectivity index (χ1v) is 7.70. The molecule has 2 fully saturated rings. The standard InChI is InChI=1S/C19H19NO/c21-19-18-16(11-17(18)15-9-5-2-6-10-15)13-20(19)12-14-7-3-1-4-8-14/h1-10,16-18H,11-13H2/t16-,17-,18+/m1/s1. The Hall–Kier alpha value is -2.09. The Morgan fingerprint density at radius 2 is 1.62 bits per heavy atom. The van der Waals surface area contributed by atoms with Crippen LogP contribution in [0.15, 0.2) is 60.7 Å². The minimum absolute atomic E-state index is 0.219. The van der Waals surface area contributed by atoms with Crippen molar-refractivity contribution in [1.82, 2.24) is 4.90 Å². The van der Waals surface area contributed by atoms with Gasteiger partial charge in [0.2, 0.25) is 5.91 Å². The van der Waals surface area contributed by atoms with E-state index in [1.807, 2.05) is 29.2 Å². The summed E-state index contributed by atoms with van der Waals surface area (Å²) >= 11 is 0. The third-order valence-electron chi connectivity index (χ3n) is 4.99. The molecule has 1 aliphatic carbocycles. The van der Waals surface area contributed by atoms with Gasteiger partial charge in [0.25, 0.3) is 0 Å². The fourth-order valence-electron chi connectivity index (χ4n) is 3.89. The van der Waals surface area contributed by atoms with E-state index in [-0.39, 0.29) is 5.92 Å². The number of likely N-dealkylation sites (tertiary alicyclic amines) is 1. The van der Waals surface area contributed by atoms with Crippen LogP contribution in [-0.2, 0) is 11.3 Å². The van der Waals surface area contributed by atoms with E-state index in [9.17, 15) is 4.79 Å². The SMILES string of the molecule is O=C1[C@H]2[C@H](C[C@@H]2c2ccccc2)CN1Cc1ccccc1. The van der Waals surface area contributed by atoms with E-state index >= 15 is 0 Å². The first-order chi connectivity index (χ1) is 10.3. The van der Waals surface area contributed by atoms with Crippen molar-refractivity contribution in [3.05, 3.63) is 71.8 Å². The number of fused-ring (bicyclic) bond motifs is 1. The van der Waals surface area contributed by atoms with Gasteiger partial charge in [-0.05, 0) is 29.4 Å². The number of hydrogen-bond acceptors (Lipinski definition) is 1. The van der Waals surface area contributed by atoms with Gasteiger partial charge in [0.1, 0.15) is 0 Å². The van der Waals surface area contributed by atoms with Crippen LogP contribution in [0, 0.1) is 11.8 Å². The van der Waals surface area contributed by atoms with Crippen LogP contribution >= 0.6 is 0 Å². The Morgan fingerprint density at radius 3 is 2.33 bits per heavy atom. The average molecular weight is 277 g/mol. The molecule has 0 N–H and O–H groups in total. The highest BCUT2D eigenvalue weighted by atomic mass is 16.2. The molecule has 0 bridgehead atoms. The van der Waals surface area contributed by atoms with Crippen molar-refractivity contribution in [3.8, 4) is 0 Å². The molecule has 0 aromatic heterocycles. The summed E-state index contributed by atoms with van der Waals surface area (Å²) < 4.78 is 0. The highest BCUT2D eigenvalue weighted by molar-refractivity contribution is 5.84. The van der Waals surface area contributed by atoms with Crippen LogP contribution in [0.3, 0.4) is 0 Å². The quantitative estimate of drug-likeness (QED) is 0.841. The molecule has 1 saturated carbocycles. The van der Waals surface area contributed by atoms with Crippen LogP contribution in [-0.4, -0.2) is 17.4 Å². The average Bonchev–Trinajstić information content (AvgIpc) is 2.73. The second kappa shape index (κ2) is 5.03. The van der Waals surface area contributed by atoms with E-state index in [2.05, 4.69) is 36.4 Å². The summed E-state index contributed by atoms with van der Waals surface area (Å²) in [5.41, 5.74) is 2.55. The number of carbonyl (C=O) groups is 1. The van der Waals surface area contributed by atoms with Gasteiger partial charge in [-0.25, -0.2) is 0 Å². The smallest absolute Gasteiger partial charge is 0.226 e. The predicted octanol–water partition coefficient (Wildman–Crippen LogP) is 3.45. The summed E-state index contributed by atoms with van der Waals surface area (Å²) in [7, 11) is 0. The molecule has 2 heteroatoms. The maximum absolute atomic E-state index is 12.7. The molecule has 0 spiro atoms. The monoisotopic (exact) mass is 277 g/mol. The summed E-state index contributed by atoms with van der Waals surface area (Å²) in [6, 6.07) is 20.8. The summed E-state index contributed by atoms with van der Waals surface area (Å²) in [5.74, 6) is 1.57. The summed E-state index contributed by atoms with van der Waals surface area (Å²) in [4.78, 5) is 14.7. The molecule has 0 radical (unpaired) electrons. The van der Waals surface area contributed by atoms with E-state index in [4.69, 9.17) is 0 Å². The van der Waals surface area contributed by atoms with Gasteiger partial charge in [-0.3, -0.25) is 4.79 Å². The molecular formula is C19H19NO. The van der Waals surface area contributed by atoms with Gasteiger partial charge in [0.15, 0.2) is 0 Å². The maximum atomic E-state index is 12.7. The third kappa shape index (κ3) is 2.15. The molecule has 2 aromatic carbocycles. The second-order valence-corrected chi connectivity index (χ2v) is 6.24. The molecule has 1 saturated heterocycles. The number of nitrogens with zero attached hydrogens (tertiary/aromatic N) is 1. The van der Waals surface area contributed by atoms with Crippen LogP contribution in [0.25, 0.3) is 0 Å². The number of benzene rings is 2. The van der Waals surface area contributed by atoms with Crippen LogP contribution < -0.4 is 0 Å². The lowest BCUT2D eigenvalue weighted by molar-refractivity contribution is -0.133. The van der Waals surface area contributed by atoms with Crippen molar-refractivity contribution in [2.24, 2.45) is 11.8 Å². The van der Waals surface area contributed by atoms with Crippen molar-refractivity contribution in [3.63, 3.8) is 0 Å². The molecule has 3 atom stereocenters. The predicted molar refractivity (Wildman–Crippen MR) is 82.6 cm³/mol. The second-order valence-electron chi connectivity index (χ2n) is 6.24. The zero-order chi connectivity index (χ0) is 14.2. The Morgan fingerprint density at radius 1 is 0.952 bits per heavy atom. The van der Waals surface area contributed by atoms with Crippen LogP contribution in [0.1, 0.15) is 23.5 Å². The lowest BCUT2D eigenvalue weighted by Gasteiger charge is -2.38. The Bertz CT molecular complexity index is 637. The Labute approximate surface area is 125 Å². The van der Waals surface area contributed by atoms with Gasteiger partial charge in [0.05, 0.1) is 0 Å². The van der Waals surface area contributed by atoms with Gasteiger partial charge >= 0.3 is 0 Å². The van der Waals surface area contributed by atoms with Crippen molar-refractivity contribution in [1.29, 1.82) is 0 Å². The van der Waals surface area contributed by atoms with E-state index in [1.54, 1.807) is 0 Å². The maximum Gasteiger partial charge on any atom is 0.226 e. The zero-order valence-corrected chi connectivity index (χ0v) is 12.0. The van der Waals surface area contributed by atoms with Gasteiger partial charge in [-0.1, -0.05) is 60.7 Å². The molecule has 2 nitrogen and oxygen atoms in total. The van der Waals surface area contributed by atoms with Gasteiger partial charge in [0, 0.05) is 19.0 Å². The van der Waals surface area contributed by atoms with E-state index in [0.29, 0.717) is 17.7 Å². The van der Waals surface area contributed by atoms with E-state index in [0.717, 1.165) is 19.5 Å². The number of amides is 1. The largest absolute Gasteiger partial charge is 0.338 e. The van der Waals surface area contributed by atoms with Crippen molar-refractivity contribution >= 4 is 5.91 Å². The summed E-state index contributed by atoms with van der Waals surface area (Å²) in [6.45, 7) is 1.69. The molecule has 4 rings (SSSR count). The molecule has 21 heavy (non-hydrogen) atoms. The third-order valence-corrected chi connectivity index (χ3v) is 4.99. The molecule has 2 aliphatic rings. The highest BCUT2D eigenvalue weighted by Crippen LogP contribution is 2.52. The van der Waals surface area contributed by atoms with Gasteiger partial charge in [-0.15, -0.1) is 0 Å². The molecule has 2 aromatic rings. The molecule has 1 amide bonds. The minimum atomic E-state index is 0.219. The van der Waals surface area contributed by atoms with Crippen LogP contribution in [0.4, 0.5) is 0 Å². The van der Waals surface area contributed by atoms with Crippen molar-refractivity contribution < 1.29 is 4.79 Å². The zero-order valence-electron chi connectivity index (χ0n) is 12.0.